The number of carbonyl (C=O) groups excluding carboxylic acids is 2. The van der Waals surface area contributed by atoms with Crippen molar-refractivity contribution in [1.82, 2.24) is 0 Å². The molecule has 1 amide bonds. The fourth-order valence-electron chi connectivity index (χ4n) is 3.08. The molecular weight excluding hydrogens is 397 g/mol. The van der Waals surface area contributed by atoms with E-state index in [1.807, 2.05) is 37.3 Å². The molecule has 3 rings (SSSR count). The molecule has 31 heavy (non-hydrogen) atoms. The third-order valence-corrected chi connectivity index (χ3v) is 4.57. The number of esters is 1. The fourth-order valence-corrected chi connectivity index (χ4v) is 3.08. The van der Waals surface area contributed by atoms with Crippen LogP contribution in [0.4, 0.5) is 10.1 Å². The quantitative estimate of drug-likeness (QED) is 0.490. The van der Waals surface area contributed by atoms with Crippen molar-refractivity contribution in [2.24, 2.45) is 0 Å². The second kappa shape index (κ2) is 10.9. The molecule has 160 valence electrons. The predicted octanol–water partition coefficient (Wildman–Crippen LogP) is 5.08. The van der Waals surface area contributed by atoms with Gasteiger partial charge in [0.2, 0.25) is 6.10 Å². The van der Waals surface area contributed by atoms with Crippen molar-refractivity contribution >= 4 is 17.6 Å². The Hall–Kier alpha value is -3.67. The molecule has 0 saturated heterocycles. The van der Waals surface area contributed by atoms with Crippen LogP contribution in [-0.4, -0.2) is 18.5 Å². The molecule has 3 aromatic carbocycles. The van der Waals surface area contributed by atoms with E-state index in [2.05, 4.69) is 5.32 Å². The summed E-state index contributed by atoms with van der Waals surface area (Å²) in [5, 5.41) is 2.67. The van der Waals surface area contributed by atoms with E-state index in [4.69, 9.17) is 9.47 Å². The first-order chi connectivity index (χ1) is 15.1. The van der Waals surface area contributed by atoms with Crippen LogP contribution in [-0.2, 0) is 20.7 Å². The minimum atomic E-state index is -1.12. The molecule has 0 radical (unpaired) electrons. The molecule has 0 saturated carbocycles. The van der Waals surface area contributed by atoms with E-state index < -0.39 is 23.8 Å². The average molecular weight is 421 g/mol. The van der Waals surface area contributed by atoms with Gasteiger partial charge in [0, 0.05) is 17.7 Å². The zero-order valence-corrected chi connectivity index (χ0v) is 17.2. The van der Waals surface area contributed by atoms with Gasteiger partial charge in [0.15, 0.2) is 0 Å². The van der Waals surface area contributed by atoms with Gasteiger partial charge >= 0.3 is 5.97 Å². The number of benzene rings is 3. The molecule has 3 aromatic rings. The Morgan fingerprint density at radius 3 is 2.32 bits per heavy atom. The molecule has 0 aliphatic heterocycles. The fraction of sp³-hybridized carbons (Fsp3) is 0.200. The van der Waals surface area contributed by atoms with Crippen LogP contribution in [0, 0.1) is 5.82 Å². The van der Waals surface area contributed by atoms with Gasteiger partial charge in [-0.05, 0) is 49.2 Å². The van der Waals surface area contributed by atoms with Crippen molar-refractivity contribution in [2.45, 2.75) is 25.9 Å². The summed E-state index contributed by atoms with van der Waals surface area (Å²) in [6.45, 7) is 2.43. The summed E-state index contributed by atoms with van der Waals surface area (Å²) in [7, 11) is 0. The highest BCUT2D eigenvalue weighted by Crippen LogP contribution is 2.23. The van der Waals surface area contributed by atoms with Gasteiger partial charge in [-0.3, -0.25) is 9.59 Å². The van der Waals surface area contributed by atoms with Crippen LogP contribution in [0.25, 0.3) is 0 Å². The third kappa shape index (κ3) is 6.40. The maximum Gasteiger partial charge on any atom is 0.307 e. The second-order valence-electron chi connectivity index (χ2n) is 6.82. The van der Waals surface area contributed by atoms with Crippen molar-refractivity contribution in [2.75, 3.05) is 11.9 Å². The predicted molar refractivity (Wildman–Crippen MR) is 116 cm³/mol. The number of rotatable bonds is 9. The van der Waals surface area contributed by atoms with Crippen LogP contribution >= 0.6 is 0 Å². The molecule has 5 nitrogen and oxygen atoms in total. The molecule has 1 atom stereocenters. The Balaban J connectivity index is 1.69. The summed E-state index contributed by atoms with van der Waals surface area (Å²) < 4.78 is 24.3. The van der Waals surface area contributed by atoms with Gasteiger partial charge in [0.05, 0.1) is 6.61 Å². The van der Waals surface area contributed by atoms with E-state index in [1.54, 1.807) is 24.3 Å². The number of hydrogen-bond donors (Lipinski definition) is 1. The zero-order chi connectivity index (χ0) is 22.1. The minimum absolute atomic E-state index is 0.0945. The summed E-state index contributed by atoms with van der Waals surface area (Å²) in [4.78, 5) is 25.4. The smallest absolute Gasteiger partial charge is 0.307 e. The van der Waals surface area contributed by atoms with Crippen LogP contribution in [0.5, 0.6) is 5.75 Å². The first-order valence-corrected chi connectivity index (χ1v) is 10.1. The Kier molecular flexibility index (Phi) is 7.76. The monoisotopic (exact) mass is 421 g/mol. The Morgan fingerprint density at radius 1 is 0.935 bits per heavy atom. The Bertz CT molecular complexity index is 1010. The number of anilines is 1. The lowest BCUT2D eigenvalue weighted by Gasteiger charge is -2.18. The highest BCUT2D eigenvalue weighted by molar-refractivity contribution is 5.96. The van der Waals surface area contributed by atoms with Crippen LogP contribution in [0.1, 0.15) is 30.6 Å². The van der Waals surface area contributed by atoms with Crippen molar-refractivity contribution < 1.29 is 23.5 Å². The number of para-hydroxylation sites is 1. The van der Waals surface area contributed by atoms with Gasteiger partial charge in [-0.25, -0.2) is 4.39 Å². The lowest BCUT2D eigenvalue weighted by molar-refractivity contribution is -0.154. The standard InChI is InChI=1S/C25H24FNO4/c1-2-30-22-11-7-6-8-18(22)12-17-23(28)31-24(19-9-4-3-5-10-19)25(29)27-21-15-13-20(26)14-16-21/h3-11,13-16,24H,2,12,17H2,1H3,(H,27,29)/t24-/m0/s1. The van der Waals surface area contributed by atoms with E-state index in [-0.39, 0.29) is 6.42 Å². The van der Waals surface area contributed by atoms with Gasteiger partial charge in [0.1, 0.15) is 11.6 Å². The molecule has 0 aliphatic carbocycles. The number of ether oxygens (including phenoxy) is 2. The molecule has 0 aliphatic rings. The van der Waals surface area contributed by atoms with Gasteiger partial charge in [-0.15, -0.1) is 0 Å². The summed E-state index contributed by atoms with van der Waals surface area (Å²) in [5.41, 5.74) is 1.85. The van der Waals surface area contributed by atoms with E-state index in [0.717, 1.165) is 11.3 Å². The molecule has 1 N–H and O–H groups in total. The number of aryl methyl sites for hydroxylation is 1. The lowest BCUT2D eigenvalue weighted by atomic mass is 10.1. The molecule has 0 heterocycles. The van der Waals surface area contributed by atoms with E-state index in [1.165, 1.54) is 24.3 Å². The third-order valence-electron chi connectivity index (χ3n) is 4.57. The first kappa shape index (κ1) is 22.0. The number of hydrogen-bond acceptors (Lipinski definition) is 4. The highest BCUT2D eigenvalue weighted by Gasteiger charge is 2.25. The zero-order valence-electron chi connectivity index (χ0n) is 17.2. The molecule has 0 unspecified atom stereocenters. The van der Waals surface area contributed by atoms with Gasteiger partial charge < -0.3 is 14.8 Å². The largest absolute Gasteiger partial charge is 0.494 e. The normalized spacial score (nSPS) is 11.4. The number of nitrogens with one attached hydrogen (secondary N) is 1. The Morgan fingerprint density at radius 2 is 1.61 bits per heavy atom. The van der Waals surface area contributed by atoms with Crippen LogP contribution in [0.2, 0.25) is 0 Å². The number of amides is 1. The van der Waals surface area contributed by atoms with Gasteiger partial charge in [-0.2, -0.15) is 0 Å². The van der Waals surface area contributed by atoms with Crippen molar-refractivity contribution in [3.63, 3.8) is 0 Å². The molecule has 6 heteroatoms. The van der Waals surface area contributed by atoms with E-state index in [0.29, 0.717) is 24.3 Å². The summed E-state index contributed by atoms with van der Waals surface area (Å²) in [6, 6.07) is 21.7. The second-order valence-corrected chi connectivity index (χ2v) is 6.82. The van der Waals surface area contributed by atoms with Crippen molar-refractivity contribution in [3.05, 3.63) is 95.8 Å². The number of halogens is 1. The van der Waals surface area contributed by atoms with Crippen LogP contribution in [0.15, 0.2) is 78.9 Å². The van der Waals surface area contributed by atoms with Gasteiger partial charge in [0.25, 0.3) is 5.91 Å². The van der Waals surface area contributed by atoms with Gasteiger partial charge in [-0.1, -0.05) is 48.5 Å². The average Bonchev–Trinajstić information content (AvgIpc) is 2.79. The minimum Gasteiger partial charge on any atom is -0.494 e. The molecule has 0 bridgehead atoms. The summed E-state index contributed by atoms with van der Waals surface area (Å²) in [5.74, 6) is -0.696. The topological polar surface area (TPSA) is 64.6 Å². The van der Waals surface area contributed by atoms with Crippen LogP contribution < -0.4 is 10.1 Å². The van der Waals surface area contributed by atoms with E-state index >= 15 is 0 Å². The van der Waals surface area contributed by atoms with E-state index in [9.17, 15) is 14.0 Å². The number of carbonyl (C=O) groups is 2. The highest BCUT2D eigenvalue weighted by atomic mass is 19.1. The maximum absolute atomic E-state index is 13.1. The molecule has 0 aromatic heterocycles. The molecule has 0 spiro atoms. The summed E-state index contributed by atoms with van der Waals surface area (Å²) in [6.07, 6.45) is -0.603. The molecule has 0 fully saturated rings. The maximum atomic E-state index is 13.1. The summed E-state index contributed by atoms with van der Waals surface area (Å²) >= 11 is 0. The first-order valence-electron chi connectivity index (χ1n) is 10.1. The Labute approximate surface area is 180 Å². The van der Waals surface area contributed by atoms with Crippen molar-refractivity contribution in [1.29, 1.82) is 0 Å². The SMILES string of the molecule is CCOc1ccccc1CCC(=O)O[C@H](C(=O)Nc1ccc(F)cc1)c1ccccc1. The lowest BCUT2D eigenvalue weighted by Crippen LogP contribution is -2.26. The molecular formula is C25H24FNO4. The van der Waals surface area contributed by atoms with Crippen LogP contribution in [0.3, 0.4) is 0 Å². The van der Waals surface area contributed by atoms with Crippen molar-refractivity contribution in [3.8, 4) is 5.75 Å².